The Hall–Kier alpha value is -0.470. The summed E-state index contributed by atoms with van der Waals surface area (Å²) < 4.78 is 36.4. The van der Waals surface area contributed by atoms with E-state index in [0.717, 1.165) is 0 Å². The summed E-state index contributed by atoms with van der Waals surface area (Å²) in [7, 11) is 0. The van der Waals surface area contributed by atoms with Crippen molar-refractivity contribution in [1.29, 1.82) is 0 Å². The van der Waals surface area contributed by atoms with Gasteiger partial charge in [0, 0.05) is 0 Å². The Balaban J connectivity index is 2.33. The summed E-state index contributed by atoms with van der Waals surface area (Å²) in [6, 6.07) is 0. The van der Waals surface area contributed by atoms with Gasteiger partial charge in [0.05, 0.1) is 5.92 Å². The van der Waals surface area contributed by atoms with Crippen LogP contribution in [-0.4, -0.2) is 6.18 Å². The maximum Gasteiger partial charge on any atom is 0.391 e. The molecule has 1 aliphatic rings. The molecule has 82 valence electrons. The van der Waals surface area contributed by atoms with Gasteiger partial charge in [-0.1, -0.05) is 32.9 Å². The molecule has 0 aromatic heterocycles. The minimum Gasteiger partial charge on any atom is -0.171 e. The first-order chi connectivity index (χ1) is 6.18. The summed E-state index contributed by atoms with van der Waals surface area (Å²) in [5.41, 5.74) is 0.0727. The standard InChI is InChI=1S/C11H17F3/c1-10(2,3)5-4-8-6-9(7-8)11(12,13)14/h4-5,8-9H,6-7H2,1-3H3/b5-4+. The Labute approximate surface area is 83.2 Å². The van der Waals surface area contributed by atoms with E-state index in [9.17, 15) is 13.2 Å². The average Bonchev–Trinajstić information content (AvgIpc) is 1.76. The summed E-state index contributed by atoms with van der Waals surface area (Å²) in [5.74, 6) is -0.919. The van der Waals surface area contributed by atoms with Crippen LogP contribution in [0.4, 0.5) is 13.2 Å². The minimum atomic E-state index is -3.98. The molecule has 0 amide bonds. The normalized spacial score (nSPS) is 29.3. The minimum absolute atomic E-state index is 0.0727. The molecule has 0 saturated heterocycles. The summed E-state index contributed by atoms with van der Waals surface area (Å²) in [6.07, 6.45) is 0.505. The fraction of sp³-hybridized carbons (Fsp3) is 0.818. The Kier molecular flexibility index (Phi) is 2.98. The molecule has 14 heavy (non-hydrogen) atoms. The predicted molar refractivity (Wildman–Crippen MR) is 50.9 cm³/mol. The summed E-state index contributed by atoms with van der Waals surface area (Å²) in [4.78, 5) is 0. The zero-order chi connectivity index (χ0) is 11.0. The van der Waals surface area contributed by atoms with Crippen molar-refractivity contribution < 1.29 is 13.2 Å². The summed E-state index contributed by atoms with van der Waals surface area (Å²) >= 11 is 0. The Morgan fingerprint density at radius 3 is 1.93 bits per heavy atom. The van der Waals surface area contributed by atoms with E-state index in [0.29, 0.717) is 0 Å². The van der Waals surface area contributed by atoms with Crippen LogP contribution in [0.25, 0.3) is 0 Å². The number of allylic oxidation sites excluding steroid dienone is 2. The van der Waals surface area contributed by atoms with Gasteiger partial charge in [-0.15, -0.1) is 0 Å². The van der Waals surface area contributed by atoms with Crippen LogP contribution in [0.2, 0.25) is 0 Å². The van der Waals surface area contributed by atoms with Crippen molar-refractivity contribution in [3.05, 3.63) is 12.2 Å². The molecule has 1 aliphatic carbocycles. The molecule has 0 bridgehead atoms. The highest BCUT2D eigenvalue weighted by Crippen LogP contribution is 2.45. The van der Waals surface area contributed by atoms with E-state index in [1.54, 1.807) is 0 Å². The highest BCUT2D eigenvalue weighted by atomic mass is 19.4. The van der Waals surface area contributed by atoms with E-state index < -0.39 is 12.1 Å². The Morgan fingerprint density at radius 1 is 1.07 bits per heavy atom. The van der Waals surface area contributed by atoms with Gasteiger partial charge < -0.3 is 0 Å². The predicted octanol–water partition coefficient (Wildman–Crippen LogP) is 4.18. The second-order valence-corrected chi connectivity index (χ2v) is 5.20. The number of halogens is 3. The average molecular weight is 206 g/mol. The monoisotopic (exact) mass is 206 g/mol. The van der Waals surface area contributed by atoms with Crippen molar-refractivity contribution in [2.24, 2.45) is 17.3 Å². The number of rotatable bonds is 1. The summed E-state index contributed by atoms with van der Waals surface area (Å²) in [6.45, 7) is 6.14. The SMILES string of the molecule is CC(C)(C)/C=C/C1CC(C(F)(F)F)C1. The van der Waals surface area contributed by atoms with Crippen molar-refractivity contribution in [3.8, 4) is 0 Å². The first-order valence-electron chi connectivity index (χ1n) is 4.94. The topological polar surface area (TPSA) is 0 Å². The lowest BCUT2D eigenvalue weighted by atomic mass is 9.73. The third kappa shape index (κ3) is 3.35. The van der Waals surface area contributed by atoms with Crippen molar-refractivity contribution >= 4 is 0 Å². The zero-order valence-corrected chi connectivity index (χ0v) is 8.86. The summed E-state index contributed by atoms with van der Waals surface area (Å²) in [5, 5.41) is 0. The van der Waals surface area contributed by atoms with E-state index >= 15 is 0 Å². The van der Waals surface area contributed by atoms with E-state index in [-0.39, 0.29) is 24.2 Å². The van der Waals surface area contributed by atoms with Gasteiger partial charge in [-0.05, 0) is 24.2 Å². The molecule has 3 heteroatoms. The highest BCUT2D eigenvalue weighted by Gasteiger charge is 2.46. The van der Waals surface area contributed by atoms with Gasteiger partial charge in [-0.3, -0.25) is 0 Å². The van der Waals surface area contributed by atoms with Gasteiger partial charge in [0.25, 0.3) is 0 Å². The second kappa shape index (κ2) is 3.59. The van der Waals surface area contributed by atoms with E-state index in [2.05, 4.69) is 0 Å². The fourth-order valence-corrected chi connectivity index (χ4v) is 1.51. The molecular formula is C11H17F3. The smallest absolute Gasteiger partial charge is 0.171 e. The van der Waals surface area contributed by atoms with Crippen molar-refractivity contribution in [1.82, 2.24) is 0 Å². The van der Waals surface area contributed by atoms with Crippen LogP contribution in [0.3, 0.4) is 0 Å². The highest BCUT2D eigenvalue weighted by molar-refractivity contribution is 5.01. The molecule has 0 spiro atoms. The van der Waals surface area contributed by atoms with E-state index in [1.165, 1.54) is 0 Å². The lowest BCUT2D eigenvalue weighted by molar-refractivity contribution is -0.200. The Morgan fingerprint density at radius 2 is 1.57 bits per heavy atom. The van der Waals surface area contributed by atoms with E-state index in [1.807, 2.05) is 32.9 Å². The van der Waals surface area contributed by atoms with Crippen LogP contribution in [0, 0.1) is 17.3 Å². The second-order valence-electron chi connectivity index (χ2n) is 5.20. The van der Waals surface area contributed by atoms with Crippen molar-refractivity contribution in [2.45, 2.75) is 39.8 Å². The molecule has 0 aliphatic heterocycles. The molecule has 0 atom stereocenters. The largest absolute Gasteiger partial charge is 0.391 e. The fourth-order valence-electron chi connectivity index (χ4n) is 1.51. The van der Waals surface area contributed by atoms with Gasteiger partial charge >= 0.3 is 6.18 Å². The van der Waals surface area contributed by atoms with Gasteiger partial charge in [-0.2, -0.15) is 13.2 Å². The van der Waals surface area contributed by atoms with Crippen LogP contribution in [0.5, 0.6) is 0 Å². The molecule has 0 heterocycles. The van der Waals surface area contributed by atoms with Gasteiger partial charge in [0.2, 0.25) is 0 Å². The molecule has 1 fully saturated rings. The first-order valence-corrected chi connectivity index (χ1v) is 4.94. The number of hydrogen-bond acceptors (Lipinski definition) is 0. The maximum absolute atomic E-state index is 12.1. The molecule has 1 rings (SSSR count). The van der Waals surface area contributed by atoms with Crippen LogP contribution >= 0.6 is 0 Å². The first kappa shape index (κ1) is 11.6. The van der Waals surface area contributed by atoms with Crippen LogP contribution < -0.4 is 0 Å². The molecule has 0 nitrogen and oxygen atoms in total. The lowest BCUT2D eigenvalue weighted by Crippen LogP contribution is -2.34. The van der Waals surface area contributed by atoms with E-state index in [4.69, 9.17) is 0 Å². The zero-order valence-electron chi connectivity index (χ0n) is 8.86. The van der Waals surface area contributed by atoms with Crippen LogP contribution in [0.1, 0.15) is 33.6 Å². The molecular weight excluding hydrogens is 189 g/mol. The van der Waals surface area contributed by atoms with Crippen LogP contribution in [0.15, 0.2) is 12.2 Å². The molecule has 0 unspecified atom stereocenters. The molecule has 1 saturated carbocycles. The molecule has 0 aromatic carbocycles. The van der Waals surface area contributed by atoms with Crippen molar-refractivity contribution in [2.75, 3.05) is 0 Å². The lowest BCUT2D eigenvalue weighted by Gasteiger charge is -2.35. The van der Waals surface area contributed by atoms with Gasteiger partial charge in [0.15, 0.2) is 0 Å². The number of alkyl halides is 3. The Bertz CT molecular complexity index is 214. The third-order valence-electron chi connectivity index (χ3n) is 2.51. The molecule has 0 N–H and O–H groups in total. The molecule has 0 radical (unpaired) electrons. The third-order valence-corrected chi connectivity index (χ3v) is 2.51. The maximum atomic E-state index is 12.1. The van der Waals surface area contributed by atoms with Gasteiger partial charge in [0.1, 0.15) is 0 Å². The quantitative estimate of drug-likeness (QED) is 0.565. The molecule has 0 aromatic rings. The van der Waals surface area contributed by atoms with Crippen molar-refractivity contribution in [3.63, 3.8) is 0 Å². The van der Waals surface area contributed by atoms with Gasteiger partial charge in [-0.25, -0.2) is 0 Å². The van der Waals surface area contributed by atoms with Crippen LogP contribution in [-0.2, 0) is 0 Å². The number of hydrogen-bond donors (Lipinski definition) is 0.